The zero-order valence-corrected chi connectivity index (χ0v) is 11.8. The van der Waals surface area contributed by atoms with Gasteiger partial charge in [0.05, 0.1) is 6.61 Å². The summed E-state index contributed by atoms with van der Waals surface area (Å²) in [6, 6.07) is 8.24. The van der Waals surface area contributed by atoms with E-state index < -0.39 is 24.0 Å². The number of rotatable bonds is 4. The number of hydrogen-bond acceptors (Lipinski definition) is 5. The highest BCUT2D eigenvalue weighted by Gasteiger charge is 2.42. The lowest BCUT2D eigenvalue weighted by Crippen LogP contribution is -2.43. The fraction of sp³-hybridized carbons (Fsp3) is 0.400. The van der Waals surface area contributed by atoms with Crippen molar-refractivity contribution in [1.82, 2.24) is 4.90 Å². The van der Waals surface area contributed by atoms with Crippen molar-refractivity contribution in [3.63, 3.8) is 0 Å². The minimum atomic E-state index is -0.874. The Labute approximate surface area is 122 Å². The van der Waals surface area contributed by atoms with Gasteiger partial charge in [-0.2, -0.15) is 0 Å². The third-order valence-corrected chi connectivity index (χ3v) is 3.17. The van der Waals surface area contributed by atoms with Crippen LogP contribution in [0.1, 0.15) is 25.3 Å². The lowest BCUT2D eigenvalue weighted by atomic mass is 10.2. The molecule has 0 radical (unpaired) electrons. The van der Waals surface area contributed by atoms with Gasteiger partial charge in [-0.1, -0.05) is 30.3 Å². The first-order chi connectivity index (χ1) is 10.1. The Morgan fingerprint density at radius 1 is 1.24 bits per heavy atom. The highest BCUT2D eigenvalue weighted by molar-refractivity contribution is 5.99. The minimum Gasteiger partial charge on any atom is -0.464 e. The van der Waals surface area contributed by atoms with Crippen LogP contribution in [-0.4, -0.2) is 35.5 Å². The van der Waals surface area contributed by atoms with Gasteiger partial charge >= 0.3 is 12.1 Å². The average Bonchev–Trinajstić information content (AvgIpc) is 2.88. The molecule has 0 spiro atoms. The topological polar surface area (TPSA) is 72.9 Å². The highest BCUT2D eigenvalue weighted by Crippen LogP contribution is 2.21. The van der Waals surface area contributed by atoms with Gasteiger partial charge in [0.25, 0.3) is 0 Å². The van der Waals surface area contributed by atoms with Gasteiger partial charge in [0, 0.05) is 6.42 Å². The number of hydrogen-bond donors (Lipinski definition) is 0. The maximum absolute atomic E-state index is 12.0. The summed E-state index contributed by atoms with van der Waals surface area (Å²) >= 11 is 0. The highest BCUT2D eigenvalue weighted by atomic mass is 16.6. The van der Waals surface area contributed by atoms with Gasteiger partial charge < -0.3 is 9.47 Å². The Bertz CT molecular complexity index is 528. The molecule has 2 rings (SSSR count). The predicted octanol–water partition coefficient (Wildman–Crippen LogP) is 1.88. The average molecular weight is 291 g/mol. The van der Waals surface area contributed by atoms with Crippen LogP contribution in [0.5, 0.6) is 0 Å². The monoisotopic (exact) mass is 291 g/mol. The van der Waals surface area contributed by atoms with E-state index in [-0.39, 0.29) is 26.1 Å². The number of nitrogens with zero attached hydrogens (tertiary/aromatic N) is 1. The lowest BCUT2D eigenvalue weighted by Gasteiger charge is -2.20. The summed E-state index contributed by atoms with van der Waals surface area (Å²) in [6.45, 7) is 1.93. The van der Waals surface area contributed by atoms with Crippen LogP contribution in [0.15, 0.2) is 30.3 Å². The summed E-state index contributed by atoms with van der Waals surface area (Å²) in [5, 5.41) is 0. The molecular weight excluding hydrogens is 274 g/mol. The van der Waals surface area contributed by atoms with Crippen molar-refractivity contribution in [1.29, 1.82) is 0 Å². The van der Waals surface area contributed by atoms with Crippen molar-refractivity contribution in [2.24, 2.45) is 0 Å². The molecule has 1 fully saturated rings. The zero-order chi connectivity index (χ0) is 15.2. The first-order valence-electron chi connectivity index (χ1n) is 6.83. The molecule has 1 heterocycles. The molecule has 6 nitrogen and oxygen atoms in total. The number of benzene rings is 1. The molecule has 6 heteroatoms. The van der Waals surface area contributed by atoms with Crippen molar-refractivity contribution in [2.75, 3.05) is 6.61 Å². The van der Waals surface area contributed by atoms with Gasteiger partial charge in [-0.25, -0.2) is 14.5 Å². The van der Waals surface area contributed by atoms with Crippen molar-refractivity contribution in [3.05, 3.63) is 35.9 Å². The molecule has 21 heavy (non-hydrogen) atoms. The normalized spacial score (nSPS) is 17.7. The van der Waals surface area contributed by atoms with Gasteiger partial charge in [-0.05, 0) is 18.9 Å². The molecular formula is C15H17NO5. The van der Waals surface area contributed by atoms with E-state index in [2.05, 4.69) is 0 Å². The Hall–Kier alpha value is -2.37. The van der Waals surface area contributed by atoms with Gasteiger partial charge in [0.1, 0.15) is 12.6 Å². The number of likely N-dealkylation sites (tertiary alicyclic amines) is 1. The molecule has 0 aliphatic carbocycles. The Balaban J connectivity index is 1.98. The number of carbonyl (C=O) groups is 3. The molecule has 0 saturated carbocycles. The largest absolute Gasteiger partial charge is 0.464 e. The molecule has 2 amide bonds. The number of esters is 1. The number of imide groups is 1. The van der Waals surface area contributed by atoms with Crippen molar-refractivity contribution < 1.29 is 23.9 Å². The van der Waals surface area contributed by atoms with Crippen molar-refractivity contribution in [2.45, 2.75) is 32.4 Å². The number of amides is 2. The first kappa shape index (κ1) is 15.0. The third-order valence-electron chi connectivity index (χ3n) is 3.17. The lowest BCUT2D eigenvalue weighted by molar-refractivity contribution is -0.150. The fourth-order valence-corrected chi connectivity index (χ4v) is 2.16. The summed E-state index contributed by atoms with van der Waals surface area (Å²) in [7, 11) is 0. The van der Waals surface area contributed by atoms with Crippen molar-refractivity contribution in [3.8, 4) is 0 Å². The molecule has 1 aromatic rings. The van der Waals surface area contributed by atoms with Gasteiger partial charge in [0.2, 0.25) is 5.91 Å². The molecule has 0 N–H and O–H groups in total. The summed E-state index contributed by atoms with van der Waals surface area (Å²) in [6.07, 6.45) is -0.387. The molecule has 0 aromatic heterocycles. The fourth-order valence-electron chi connectivity index (χ4n) is 2.16. The van der Waals surface area contributed by atoms with Crippen molar-refractivity contribution >= 4 is 18.0 Å². The summed E-state index contributed by atoms with van der Waals surface area (Å²) in [5.41, 5.74) is 0.810. The van der Waals surface area contributed by atoms with Crippen LogP contribution in [-0.2, 0) is 25.7 Å². The zero-order valence-electron chi connectivity index (χ0n) is 11.8. The SMILES string of the molecule is CCOC(=O)C1CCC(=O)N1C(=O)OCc1ccccc1. The molecule has 1 atom stereocenters. The molecule has 1 saturated heterocycles. The minimum absolute atomic E-state index is 0.0546. The van der Waals surface area contributed by atoms with E-state index in [0.717, 1.165) is 10.5 Å². The Kier molecular flexibility index (Phi) is 4.92. The summed E-state index contributed by atoms with van der Waals surface area (Å²) in [5.74, 6) is -0.980. The molecule has 1 aliphatic heterocycles. The van der Waals surface area contributed by atoms with E-state index >= 15 is 0 Å². The van der Waals surface area contributed by atoms with Crippen LogP contribution in [0.2, 0.25) is 0 Å². The second-order valence-electron chi connectivity index (χ2n) is 4.61. The van der Waals surface area contributed by atoms with Crippen LogP contribution < -0.4 is 0 Å². The van der Waals surface area contributed by atoms with Crippen LogP contribution in [0, 0.1) is 0 Å². The molecule has 1 aliphatic rings. The van der Waals surface area contributed by atoms with E-state index in [1.807, 2.05) is 30.3 Å². The standard InChI is InChI=1S/C15H17NO5/c1-2-20-14(18)12-8-9-13(17)16(12)15(19)21-10-11-6-4-3-5-7-11/h3-7,12H,2,8-10H2,1H3. The summed E-state index contributed by atoms with van der Waals surface area (Å²) in [4.78, 5) is 36.4. The third kappa shape index (κ3) is 3.59. The second kappa shape index (κ2) is 6.88. The van der Waals surface area contributed by atoms with E-state index in [4.69, 9.17) is 9.47 Å². The van der Waals surface area contributed by atoms with E-state index in [9.17, 15) is 14.4 Å². The van der Waals surface area contributed by atoms with Crippen LogP contribution >= 0.6 is 0 Å². The maximum atomic E-state index is 12.0. The first-order valence-corrected chi connectivity index (χ1v) is 6.83. The van der Waals surface area contributed by atoms with E-state index in [1.54, 1.807) is 6.92 Å². The molecule has 0 bridgehead atoms. The number of ether oxygens (including phenoxy) is 2. The van der Waals surface area contributed by atoms with E-state index in [1.165, 1.54) is 0 Å². The second-order valence-corrected chi connectivity index (χ2v) is 4.61. The quantitative estimate of drug-likeness (QED) is 0.792. The smallest absolute Gasteiger partial charge is 0.417 e. The van der Waals surface area contributed by atoms with Crippen LogP contribution in [0.3, 0.4) is 0 Å². The molecule has 112 valence electrons. The maximum Gasteiger partial charge on any atom is 0.417 e. The summed E-state index contributed by atoms with van der Waals surface area (Å²) < 4.78 is 9.98. The molecule has 1 unspecified atom stereocenters. The van der Waals surface area contributed by atoms with Gasteiger partial charge in [-0.3, -0.25) is 4.79 Å². The molecule has 1 aromatic carbocycles. The van der Waals surface area contributed by atoms with Crippen LogP contribution in [0.4, 0.5) is 4.79 Å². The van der Waals surface area contributed by atoms with Gasteiger partial charge in [0.15, 0.2) is 0 Å². The number of carbonyl (C=O) groups excluding carboxylic acids is 3. The Morgan fingerprint density at radius 3 is 2.62 bits per heavy atom. The van der Waals surface area contributed by atoms with E-state index in [0.29, 0.717) is 0 Å². The van der Waals surface area contributed by atoms with Gasteiger partial charge in [-0.15, -0.1) is 0 Å². The predicted molar refractivity (Wildman–Crippen MR) is 73.1 cm³/mol. The van der Waals surface area contributed by atoms with Crippen LogP contribution in [0.25, 0.3) is 0 Å². The Morgan fingerprint density at radius 2 is 1.95 bits per heavy atom.